The van der Waals surface area contributed by atoms with Crippen molar-refractivity contribution in [2.75, 3.05) is 26.9 Å². The van der Waals surface area contributed by atoms with Gasteiger partial charge in [0.2, 0.25) is 11.8 Å². The number of carbonyl (C=O) groups is 3. The summed E-state index contributed by atoms with van der Waals surface area (Å²) in [4.78, 5) is 36.5. The number of aliphatic hydroxyl groups is 9. The quantitative estimate of drug-likeness (QED) is 0.0854. The molecule has 0 aromatic carbocycles. The van der Waals surface area contributed by atoms with Crippen molar-refractivity contribution < 1.29 is 93.9 Å². The van der Waals surface area contributed by atoms with Crippen molar-refractivity contribution in [1.82, 2.24) is 10.6 Å². The lowest BCUT2D eigenvalue weighted by Gasteiger charge is -2.51. The van der Waals surface area contributed by atoms with Crippen LogP contribution in [0.4, 0.5) is 0 Å². The molecule has 0 aromatic heterocycles. The van der Waals surface area contributed by atoms with Gasteiger partial charge in [-0.05, 0) is 0 Å². The molecule has 3 saturated heterocycles. The lowest BCUT2D eigenvalue weighted by Crippen LogP contribution is -2.71. The molecule has 3 rings (SSSR count). The standard InChI is InChI=1S/C26H44N2O19/c1-8(32)27-14-10(34)4-26(25(40)41,46-20(14)16(36)11(35)5-29)47-21-18(38)13(7-31)44-24(22(21)42-3)45-19-15(28-9(2)33)23(39)43-12(6-30)17(19)37/h10-24,29-31,34-39H,4-7H2,1-3H3,(H,27,32)(H,28,33)(H,40,41)/t10-,11+,12+,13+,14+,15+,16+,17+,18-,19+,20+,21-,22+,23?,24-,26-/m0/s1. The number of aliphatic carboxylic acids is 1. The van der Waals surface area contributed by atoms with E-state index in [9.17, 15) is 65.4 Å². The third kappa shape index (κ3) is 8.52. The molecule has 0 aromatic rings. The number of carbonyl (C=O) groups excluding carboxylic acids is 2. The summed E-state index contributed by atoms with van der Waals surface area (Å²) in [5, 5.41) is 108. The second kappa shape index (κ2) is 16.5. The maximum atomic E-state index is 12.8. The number of carboxylic acid groups (broad SMARTS) is 1. The average molecular weight is 689 g/mol. The SMILES string of the molecule is CO[C@H]1[C@H](O[C@H]2[C@H](O)[C@@H](CO)OC(O)[C@@H]2NC(C)=O)O[C@H](CO)[C@H](O)[C@@H]1O[C@]1(C(=O)O)C[C@H](O)[C@@H](NC(C)=O)[C@H]([C@H](O)[C@H](O)CO)O1. The first kappa shape index (κ1) is 39.3. The number of hydrogen-bond acceptors (Lipinski definition) is 18. The second-order valence-corrected chi connectivity index (χ2v) is 11.4. The predicted octanol–water partition coefficient (Wildman–Crippen LogP) is -7.43. The number of carboxylic acids is 1. The highest BCUT2D eigenvalue weighted by molar-refractivity contribution is 5.76. The Balaban J connectivity index is 2.02. The number of ether oxygens (including phenoxy) is 6. The average Bonchev–Trinajstić information content (AvgIpc) is 3.01. The van der Waals surface area contributed by atoms with E-state index < -0.39 is 142 Å². The van der Waals surface area contributed by atoms with Crippen LogP contribution < -0.4 is 10.6 Å². The molecule has 1 unspecified atom stereocenters. The van der Waals surface area contributed by atoms with Crippen LogP contribution in [0.3, 0.4) is 0 Å². The third-order valence-electron chi connectivity index (χ3n) is 8.12. The Morgan fingerprint density at radius 3 is 1.94 bits per heavy atom. The Bertz CT molecular complexity index is 1070. The summed E-state index contributed by atoms with van der Waals surface area (Å²) in [7, 11) is 1.06. The van der Waals surface area contributed by atoms with Gasteiger partial charge in [0.15, 0.2) is 12.6 Å². The van der Waals surface area contributed by atoms with Crippen LogP contribution in [0, 0.1) is 0 Å². The maximum Gasteiger partial charge on any atom is 0.364 e. The molecule has 272 valence electrons. The van der Waals surface area contributed by atoms with E-state index in [1.54, 1.807) is 0 Å². The molecule has 3 fully saturated rings. The van der Waals surface area contributed by atoms with Gasteiger partial charge in [-0.15, -0.1) is 0 Å². The molecule has 0 spiro atoms. The minimum absolute atomic E-state index is 0.685. The lowest BCUT2D eigenvalue weighted by molar-refractivity contribution is -0.382. The van der Waals surface area contributed by atoms with Gasteiger partial charge in [0, 0.05) is 27.4 Å². The highest BCUT2D eigenvalue weighted by Gasteiger charge is 2.60. The van der Waals surface area contributed by atoms with Crippen molar-refractivity contribution >= 4 is 17.8 Å². The van der Waals surface area contributed by atoms with Crippen LogP contribution in [0.1, 0.15) is 20.3 Å². The molecule has 47 heavy (non-hydrogen) atoms. The van der Waals surface area contributed by atoms with Gasteiger partial charge in [-0.25, -0.2) is 4.79 Å². The topological polar surface area (TPSA) is 333 Å². The Kier molecular flexibility index (Phi) is 13.8. The number of rotatable bonds is 13. The molecular formula is C26H44N2O19. The minimum atomic E-state index is -2.96. The first-order valence-corrected chi connectivity index (χ1v) is 14.6. The normalized spacial score (nSPS) is 42.3. The highest BCUT2D eigenvalue weighted by Crippen LogP contribution is 2.38. The fourth-order valence-corrected chi connectivity index (χ4v) is 5.79. The lowest BCUT2D eigenvalue weighted by atomic mass is 9.88. The molecule has 12 N–H and O–H groups in total. The number of aliphatic hydroxyl groups excluding tert-OH is 9. The highest BCUT2D eigenvalue weighted by atomic mass is 16.8. The van der Waals surface area contributed by atoms with Crippen LogP contribution in [0.5, 0.6) is 0 Å². The van der Waals surface area contributed by atoms with E-state index >= 15 is 0 Å². The zero-order valence-electron chi connectivity index (χ0n) is 25.6. The first-order chi connectivity index (χ1) is 22.0. The van der Waals surface area contributed by atoms with Crippen LogP contribution in [-0.2, 0) is 42.8 Å². The van der Waals surface area contributed by atoms with Gasteiger partial charge in [0.05, 0.1) is 32.0 Å². The van der Waals surface area contributed by atoms with Crippen LogP contribution in [0.15, 0.2) is 0 Å². The zero-order chi connectivity index (χ0) is 35.4. The molecular weight excluding hydrogens is 644 g/mol. The fraction of sp³-hybridized carbons (Fsp3) is 0.885. The molecule has 0 radical (unpaired) electrons. The van der Waals surface area contributed by atoms with Crippen molar-refractivity contribution in [3.63, 3.8) is 0 Å². The van der Waals surface area contributed by atoms with Gasteiger partial charge in [-0.2, -0.15) is 0 Å². The molecule has 0 bridgehead atoms. The van der Waals surface area contributed by atoms with E-state index in [-0.39, 0.29) is 0 Å². The maximum absolute atomic E-state index is 12.8. The zero-order valence-corrected chi connectivity index (χ0v) is 25.6. The molecule has 3 aliphatic heterocycles. The van der Waals surface area contributed by atoms with Gasteiger partial charge in [0.1, 0.15) is 67.1 Å². The molecule has 0 aliphatic carbocycles. The summed E-state index contributed by atoms with van der Waals surface area (Å²) in [5.41, 5.74) is 0. The van der Waals surface area contributed by atoms with Crippen LogP contribution >= 0.6 is 0 Å². The Labute approximate surface area is 267 Å². The third-order valence-corrected chi connectivity index (χ3v) is 8.12. The summed E-state index contributed by atoms with van der Waals surface area (Å²) in [6.07, 6.45) is -24.2. The number of hydrogen-bond donors (Lipinski definition) is 12. The molecule has 21 nitrogen and oxygen atoms in total. The number of amides is 2. The van der Waals surface area contributed by atoms with Crippen molar-refractivity contribution in [2.45, 2.75) is 118 Å². The van der Waals surface area contributed by atoms with Gasteiger partial charge in [-0.3, -0.25) is 9.59 Å². The van der Waals surface area contributed by atoms with Gasteiger partial charge >= 0.3 is 5.97 Å². The van der Waals surface area contributed by atoms with E-state index in [0.29, 0.717) is 0 Å². The molecule has 16 atom stereocenters. The summed E-state index contributed by atoms with van der Waals surface area (Å²) in [5.74, 6) is -6.30. The van der Waals surface area contributed by atoms with Crippen molar-refractivity contribution in [3.05, 3.63) is 0 Å². The predicted molar refractivity (Wildman–Crippen MR) is 146 cm³/mol. The van der Waals surface area contributed by atoms with Crippen molar-refractivity contribution in [3.8, 4) is 0 Å². The molecule has 3 heterocycles. The van der Waals surface area contributed by atoms with E-state index in [1.165, 1.54) is 0 Å². The van der Waals surface area contributed by atoms with Crippen LogP contribution in [-0.4, -0.2) is 193 Å². The van der Waals surface area contributed by atoms with Crippen molar-refractivity contribution in [1.29, 1.82) is 0 Å². The second-order valence-electron chi connectivity index (χ2n) is 11.4. The first-order valence-electron chi connectivity index (χ1n) is 14.6. The summed E-state index contributed by atoms with van der Waals surface area (Å²) in [6, 6.07) is -3.00. The van der Waals surface area contributed by atoms with E-state index in [0.717, 1.165) is 21.0 Å². The van der Waals surface area contributed by atoms with Gasteiger partial charge in [0.25, 0.3) is 5.79 Å². The molecule has 21 heteroatoms. The smallest absolute Gasteiger partial charge is 0.364 e. The van der Waals surface area contributed by atoms with Crippen LogP contribution in [0.25, 0.3) is 0 Å². The van der Waals surface area contributed by atoms with E-state index in [2.05, 4.69) is 10.6 Å². The molecule has 2 amide bonds. The Hall–Kier alpha value is -2.19. The molecule has 3 aliphatic rings. The van der Waals surface area contributed by atoms with Crippen LogP contribution in [0.2, 0.25) is 0 Å². The van der Waals surface area contributed by atoms with Gasteiger partial charge < -0.3 is 90.1 Å². The Morgan fingerprint density at radius 2 is 1.43 bits per heavy atom. The van der Waals surface area contributed by atoms with Gasteiger partial charge in [-0.1, -0.05) is 0 Å². The molecule has 0 saturated carbocycles. The largest absolute Gasteiger partial charge is 0.477 e. The fourth-order valence-electron chi connectivity index (χ4n) is 5.79. The van der Waals surface area contributed by atoms with E-state index in [1.807, 2.05) is 0 Å². The number of methoxy groups -OCH3 is 1. The monoisotopic (exact) mass is 688 g/mol. The summed E-state index contributed by atoms with van der Waals surface area (Å²) in [6.45, 7) is -0.612. The Morgan fingerprint density at radius 1 is 0.872 bits per heavy atom. The summed E-state index contributed by atoms with van der Waals surface area (Å²) < 4.78 is 33.5. The van der Waals surface area contributed by atoms with Crippen molar-refractivity contribution in [2.24, 2.45) is 0 Å². The minimum Gasteiger partial charge on any atom is -0.477 e. The van der Waals surface area contributed by atoms with E-state index in [4.69, 9.17) is 28.4 Å². The number of nitrogens with one attached hydrogen (secondary N) is 2. The summed E-state index contributed by atoms with van der Waals surface area (Å²) >= 11 is 0.